The Morgan fingerprint density at radius 3 is 2.92 bits per heavy atom. The number of para-hydroxylation sites is 1. The van der Waals surface area contributed by atoms with Gasteiger partial charge in [-0.25, -0.2) is 4.39 Å². The van der Waals surface area contributed by atoms with Gasteiger partial charge in [0.1, 0.15) is 5.82 Å². The molecule has 0 fully saturated rings. The van der Waals surface area contributed by atoms with Crippen molar-refractivity contribution in [2.24, 2.45) is 0 Å². The van der Waals surface area contributed by atoms with Crippen molar-refractivity contribution < 1.29 is 4.39 Å². The Labute approximate surface area is 149 Å². The SMILES string of the molecule is Fc1ccc(Nc2cnnc(N3CCCc4ccccc43)n2)cc1Cl. The zero-order valence-electron chi connectivity index (χ0n) is 13.3. The van der Waals surface area contributed by atoms with E-state index in [1.165, 1.54) is 23.9 Å². The molecular weight excluding hydrogens is 341 g/mol. The Morgan fingerprint density at radius 1 is 1.16 bits per heavy atom. The number of fused-ring (bicyclic) bond motifs is 1. The number of rotatable bonds is 3. The van der Waals surface area contributed by atoms with Crippen molar-refractivity contribution >= 4 is 34.7 Å². The Hall–Kier alpha value is -2.73. The van der Waals surface area contributed by atoms with Gasteiger partial charge in [-0.3, -0.25) is 0 Å². The van der Waals surface area contributed by atoms with Gasteiger partial charge in [0.05, 0.1) is 11.2 Å². The molecule has 2 heterocycles. The van der Waals surface area contributed by atoms with E-state index in [0.29, 0.717) is 17.5 Å². The zero-order valence-corrected chi connectivity index (χ0v) is 14.0. The van der Waals surface area contributed by atoms with Crippen LogP contribution in [-0.2, 0) is 6.42 Å². The number of hydrogen-bond acceptors (Lipinski definition) is 5. The average Bonchev–Trinajstić information content (AvgIpc) is 2.64. The lowest BCUT2D eigenvalue weighted by atomic mass is 10.0. The molecule has 0 atom stereocenters. The summed E-state index contributed by atoms with van der Waals surface area (Å²) in [4.78, 5) is 6.61. The lowest BCUT2D eigenvalue weighted by Gasteiger charge is -2.29. The minimum atomic E-state index is -0.460. The molecule has 126 valence electrons. The van der Waals surface area contributed by atoms with Crippen molar-refractivity contribution in [1.29, 1.82) is 0 Å². The van der Waals surface area contributed by atoms with Crippen LogP contribution in [0.15, 0.2) is 48.7 Å². The van der Waals surface area contributed by atoms with Crippen LogP contribution in [0.25, 0.3) is 0 Å². The quantitative estimate of drug-likeness (QED) is 0.750. The van der Waals surface area contributed by atoms with E-state index in [4.69, 9.17) is 11.6 Å². The van der Waals surface area contributed by atoms with Gasteiger partial charge in [-0.1, -0.05) is 29.8 Å². The summed E-state index contributed by atoms with van der Waals surface area (Å²) in [5, 5.41) is 11.4. The second kappa shape index (κ2) is 6.64. The van der Waals surface area contributed by atoms with E-state index in [-0.39, 0.29) is 5.02 Å². The molecule has 0 saturated heterocycles. The van der Waals surface area contributed by atoms with Crippen LogP contribution in [0.2, 0.25) is 5.02 Å². The first-order valence-electron chi connectivity index (χ1n) is 7.98. The third-order valence-electron chi connectivity index (χ3n) is 4.09. The maximum atomic E-state index is 13.3. The predicted molar refractivity (Wildman–Crippen MR) is 96.3 cm³/mol. The highest BCUT2D eigenvalue weighted by molar-refractivity contribution is 6.31. The van der Waals surface area contributed by atoms with Crippen LogP contribution in [0.3, 0.4) is 0 Å². The number of nitrogens with one attached hydrogen (secondary N) is 1. The Bertz CT molecular complexity index is 917. The summed E-state index contributed by atoms with van der Waals surface area (Å²) in [6.07, 6.45) is 3.61. The highest BCUT2D eigenvalue weighted by Gasteiger charge is 2.20. The molecule has 0 spiro atoms. The van der Waals surface area contributed by atoms with E-state index >= 15 is 0 Å². The second-order valence-electron chi connectivity index (χ2n) is 5.78. The van der Waals surface area contributed by atoms with Crippen LogP contribution >= 0.6 is 11.6 Å². The van der Waals surface area contributed by atoms with Gasteiger partial charge >= 0.3 is 0 Å². The maximum Gasteiger partial charge on any atom is 0.251 e. The molecule has 0 bridgehead atoms. The first kappa shape index (κ1) is 15.8. The summed E-state index contributed by atoms with van der Waals surface area (Å²) in [5.74, 6) is 0.597. The number of halogens is 2. The molecule has 0 aliphatic carbocycles. The summed E-state index contributed by atoms with van der Waals surface area (Å²) >= 11 is 5.82. The number of aryl methyl sites for hydroxylation is 1. The predicted octanol–water partition coefficient (Wildman–Crippen LogP) is 4.49. The van der Waals surface area contributed by atoms with E-state index < -0.39 is 5.82 Å². The van der Waals surface area contributed by atoms with Crippen molar-refractivity contribution in [3.05, 3.63) is 65.1 Å². The second-order valence-corrected chi connectivity index (χ2v) is 6.19. The molecule has 0 amide bonds. The summed E-state index contributed by atoms with van der Waals surface area (Å²) in [5.41, 5.74) is 3.02. The van der Waals surface area contributed by atoms with Crippen molar-refractivity contribution in [3.8, 4) is 0 Å². The van der Waals surface area contributed by atoms with E-state index in [1.807, 2.05) is 12.1 Å². The molecule has 1 aliphatic heterocycles. The van der Waals surface area contributed by atoms with E-state index in [1.54, 1.807) is 6.07 Å². The molecule has 1 aromatic heterocycles. The van der Waals surface area contributed by atoms with Gasteiger partial charge in [0, 0.05) is 17.9 Å². The normalized spacial score (nSPS) is 13.4. The van der Waals surface area contributed by atoms with E-state index in [2.05, 4.69) is 37.5 Å². The minimum Gasteiger partial charge on any atom is -0.339 e. The zero-order chi connectivity index (χ0) is 17.2. The van der Waals surface area contributed by atoms with Gasteiger partial charge < -0.3 is 10.2 Å². The summed E-state index contributed by atoms with van der Waals surface area (Å²) < 4.78 is 13.3. The van der Waals surface area contributed by atoms with Crippen molar-refractivity contribution in [2.75, 3.05) is 16.8 Å². The van der Waals surface area contributed by atoms with E-state index in [9.17, 15) is 4.39 Å². The standard InChI is InChI=1S/C18H15ClFN5/c19-14-10-13(7-8-15(14)20)22-17-11-21-24-18(23-17)25-9-3-5-12-4-1-2-6-16(12)25/h1-2,4,6-8,10-11H,3,5,9H2,(H,22,23,24). The average molecular weight is 356 g/mol. The van der Waals surface area contributed by atoms with Gasteiger partial charge in [0.25, 0.3) is 5.95 Å². The smallest absolute Gasteiger partial charge is 0.251 e. The minimum absolute atomic E-state index is 0.0530. The van der Waals surface area contributed by atoms with Gasteiger partial charge in [-0.15, -0.1) is 5.10 Å². The topological polar surface area (TPSA) is 53.9 Å². The van der Waals surface area contributed by atoms with Crippen molar-refractivity contribution in [2.45, 2.75) is 12.8 Å². The van der Waals surface area contributed by atoms with Crippen molar-refractivity contribution in [3.63, 3.8) is 0 Å². The van der Waals surface area contributed by atoms with Crippen LogP contribution in [0.4, 0.5) is 27.5 Å². The fourth-order valence-corrected chi connectivity index (χ4v) is 3.11. The molecule has 7 heteroatoms. The lowest BCUT2D eigenvalue weighted by molar-refractivity contribution is 0.628. The monoisotopic (exact) mass is 355 g/mol. The third kappa shape index (κ3) is 3.25. The van der Waals surface area contributed by atoms with Crippen LogP contribution < -0.4 is 10.2 Å². The van der Waals surface area contributed by atoms with Gasteiger partial charge in [-0.05, 0) is 42.7 Å². The van der Waals surface area contributed by atoms with Crippen LogP contribution in [0.5, 0.6) is 0 Å². The molecule has 1 N–H and O–H groups in total. The van der Waals surface area contributed by atoms with E-state index in [0.717, 1.165) is 25.1 Å². The molecule has 0 saturated carbocycles. The highest BCUT2D eigenvalue weighted by atomic mass is 35.5. The van der Waals surface area contributed by atoms with Crippen LogP contribution in [0.1, 0.15) is 12.0 Å². The lowest BCUT2D eigenvalue weighted by Crippen LogP contribution is -2.26. The molecule has 25 heavy (non-hydrogen) atoms. The van der Waals surface area contributed by atoms with Crippen LogP contribution in [-0.4, -0.2) is 21.7 Å². The van der Waals surface area contributed by atoms with Crippen molar-refractivity contribution in [1.82, 2.24) is 15.2 Å². The summed E-state index contributed by atoms with van der Waals surface area (Å²) in [6.45, 7) is 0.838. The van der Waals surface area contributed by atoms with Gasteiger partial charge in [-0.2, -0.15) is 10.1 Å². The first-order valence-corrected chi connectivity index (χ1v) is 8.36. The molecule has 0 radical (unpaired) electrons. The molecule has 0 unspecified atom stereocenters. The fraction of sp³-hybridized carbons (Fsp3) is 0.167. The number of anilines is 4. The molecule has 4 rings (SSSR count). The van der Waals surface area contributed by atoms with Gasteiger partial charge in [0.2, 0.25) is 0 Å². The fourth-order valence-electron chi connectivity index (χ4n) is 2.93. The Kier molecular flexibility index (Phi) is 4.19. The number of aromatic nitrogens is 3. The highest BCUT2D eigenvalue weighted by Crippen LogP contribution is 2.31. The maximum absolute atomic E-state index is 13.3. The largest absolute Gasteiger partial charge is 0.339 e. The molecular formula is C18H15ClFN5. The molecule has 2 aromatic carbocycles. The van der Waals surface area contributed by atoms with Crippen LogP contribution in [0, 0.1) is 5.82 Å². The summed E-state index contributed by atoms with van der Waals surface area (Å²) in [6, 6.07) is 12.6. The number of nitrogens with zero attached hydrogens (tertiary/aromatic N) is 4. The van der Waals surface area contributed by atoms with Gasteiger partial charge in [0.15, 0.2) is 5.82 Å². The number of hydrogen-bond donors (Lipinski definition) is 1. The Balaban J connectivity index is 1.63. The first-order chi connectivity index (χ1) is 12.2. The molecule has 1 aliphatic rings. The summed E-state index contributed by atoms with van der Waals surface area (Å²) in [7, 11) is 0. The molecule has 5 nitrogen and oxygen atoms in total. The third-order valence-corrected chi connectivity index (χ3v) is 4.38. The Morgan fingerprint density at radius 2 is 2.04 bits per heavy atom. The molecule has 3 aromatic rings. The number of benzene rings is 2.